The molecule has 0 aliphatic carbocycles. The van der Waals surface area contributed by atoms with Gasteiger partial charge in [-0.05, 0) is 49.7 Å². The topological polar surface area (TPSA) is 38.5 Å². The van der Waals surface area contributed by atoms with Crippen LogP contribution in [0.25, 0.3) is 11.5 Å². The molecule has 0 N–H and O–H groups in total. The predicted molar refractivity (Wildman–Crippen MR) is 121 cm³/mol. The summed E-state index contributed by atoms with van der Waals surface area (Å²) in [5.74, 6) is 2.26. The molecule has 0 fully saturated rings. The zero-order valence-electron chi connectivity index (χ0n) is 17.4. The van der Waals surface area contributed by atoms with Crippen LogP contribution in [0.3, 0.4) is 0 Å². The number of rotatable bonds is 8. The number of hydrogen-bond donors (Lipinski definition) is 0. The van der Waals surface area contributed by atoms with Crippen molar-refractivity contribution in [2.75, 3.05) is 11.4 Å². The lowest BCUT2D eigenvalue weighted by molar-refractivity contribution is 0.306. The number of ether oxygens (including phenoxy) is 1. The van der Waals surface area contributed by atoms with Crippen LogP contribution in [-0.2, 0) is 13.2 Å². The first-order chi connectivity index (χ1) is 14.7. The molecule has 0 atom stereocenters. The average molecular weight is 399 g/mol. The fourth-order valence-corrected chi connectivity index (χ4v) is 3.36. The Balaban J connectivity index is 1.50. The van der Waals surface area contributed by atoms with Crippen LogP contribution >= 0.6 is 0 Å². The van der Waals surface area contributed by atoms with Gasteiger partial charge in [-0.25, -0.2) is 4.98 Å². The van der Waals surface area contributed by atoms with Crippen LogP contribution in [-0.4, -0.2) is 11.5 Å². The first-order valence-electron chi connectivity index (χ1n) is 10.3. The molecule has 1 heterocycles. The van der Waals surface area contributed by atoms with E-state index in [2.05, 4.69) is 48.2 Å². The maximum atomic E-state index is 6.01. The van der Waals surface area contributed by atoms with Crippen LogP contribution in [0.2, 0.25) is 0 Å². The SMILES string of the molecule is CCN(Cc1nc(-c2cccc(OCc3ccccc3)c2)oc1C)c1ccccc1. The lowest BCUT2D eigenvalue weighted by Crippen LogP contribution is -2.22. The Labute approximate surface area is 177 Å². The van der Waals surface area contributed by atoms with E-state index in [1.165, 1.54) is 5.69 Å². The highest BCUT2D eigenvalue weighted by Crippen LogP contribution is 2.27. The second-order valence-electron chi connectivity index (χ2n) is 7.17. The van der Waals surface area contributed by atoms with Crippen molar-refractivity contribution in [2.45, 2.75) is 27.0 Å². The van der Waals surface area contributed by atoms with E-state index in [4.69, 9.17) is 14.1 Å². The number of oxazole rings is 1. The van der Waals surface area contributed by atoms with Gasteiger partial charge in [0.1, 0.15) is 23.8 Å². The highest BCUT2D eigenvalue weighted by atomic mass is 16.5. The number of anilines is 1. The molecule has 1 aromatic heterocycles. The lowest BCUT2D eigenvalue weighted by Gasteiger charge is -2.22. The van der Waals surface area contributed by atoms with E-state index in [9.17, 15) is 0 Å². The number of benzene rings is 3. The maximum Gasteiger partial charge on any atom is 0.226 e. The monoisotopic (exact) mass is 398 g/mol. The number of para-hydroxylation sites is 1. The Morgan fingerprint density at radius 2 is 1.63 bits per heavy atom. The van der Waals surface area contributed by atoms with Crippen LogP contribution in [0, 0.1) is 6.92 Å². The quantitative estimate of drug-likeness (QED) is 0.351. The minimum absolute atomic E-state index is 0.530. The summed E-state index contributed by atoms with van der Waals surface area (Å²) in [5, 5.41) is 0. The van der Waals surface area contributed by atoms with Gasteiger partial charge in [-0.15, -0.1) is 0 Å². The highest BCUT2D eigenvalue weighted by Gasteiger charge is 2.15. The molecule has 4 aromatic rings. The summed E-state index contributed by atoms with van der Waals surface area (Å²) >= 11 is 0. The Kier molecular flexibility index (Phi) is 6.14. The van der Waals surface area contributed by atoms with E-state index >= 15 is 0 Å². The van der Waals surface area contributed by atoms with Crippen molar-refractivity contribution in [3.05, 3.63) is 102 Å². The zero-order valence-corrected chi connectivity index (χ0v) is 17.4. The Morgan fingerprint density at radius 1 is 0.900 bits per heavy atom. The molecular formula is C26H26N2O2. The Bertz CT molecular complexity index is 1070. The summed E-state index contributed by atoms with van der Waals surface area (Å²) in [4.78, 5) is 7.07. The molecule has 0 bridgehead atoms. The van der Waals surface area contributed by atoms with E-state index in [1.807, 2.05) is 55.5 Å². The van der Waals surface area contributed by atoms with Crippen LogP contribution in [0.5, 0.6) is 5.75 Å². The highest BCUT2D eigenvalue weighted by molar-refractivity contribution is 5.57. The minimum atomic E-state index is 0.530. The summed E-state index contributed by atoms with van der Waals surface area (Å²) in [7, 11) is 0. The van der Waals surface area contributed by atoms with Crippen molar-refractivity contribution in [1.29, 1.82) is 0 Å². The number of aryl methyl sites for hydroxylation is 1. The molecule has 4 nitrogen and oxygen atoms in total. The van der Waals surface area contributed by atoms with E-state index in [0.29, 0.717) is 19.0 Å². The normalized spacial score (nSPS) is 10.7. The van der Waals surface area contributed by atoms with Crippen molar-refractivity contribution >= 4 is 5.69 Å². The number of hydrogen-bond acceptors (Lipinski definition) is 4. The van der Waals surface area contributed by atoms with Crippen LogP contribution < -0.4 is 9.64 Å². The molecule has 0 unspecified atom stereocenters. The van der Waals surface area contributed by atoms with E-state index in [0.717, 1.165) is 34.9 Å². The van der Waals surface area contributed by atoms with Crippen LogP contribution in [0.15, 0.2) is 89.3 Å². The van der Waals surface area contributed by atoms with Gasteiger partial charge in [0.15, 0.2) is 0 Å². The Morgan fingerprint density at radius 3 is 2.37 bits per heavy atom. The van der Waals surface area contributed by atoms with Crippen LogP contribution in [0.1, 0.15) is 23.9 Å². The molecule has 30 heavy (non-hydrogen) atoms. The van der Waals surface area contributed by atoms with Gasteiger partial charge in [0.05, 0.1) is 6.54 Å². The largest absolute Gasteiger partial charge is 0.489 e. The minimum Gasteiger partial charge on any atom is -0.489 e. The fourth-order valence-electron chi connectivity index (χ4n) is 3.36. The number of aromatic nitrogens is 1. The third kappa shape index (κ3) is 4.71. The standard InChI is InChI=1S/C26H26N2O2/c1-3-28(23-14-8-5-9-15-23)18-25-20(2)30-26(27-25)22-13-10-16-24(17-22)29-19-21-11-6-4-7-12-21/h4-17H,3,18-19H2,1-2H3. The molecule has 152 valence electrons. The average Bonchev–Trinajstić information content (AvgIpc) is 3.18. The first kappa shape index (κ1) is 19.8. The molecule has 0 amide bonds. The van der Waals surface area contributed by atoms with Crippen molar-refractivity contribution in [3.8, 4) is 17.2 Å². The summed E-state index contributed by atoms with van der Waals surface area (Å²) < 4.78 is 12.0. The molecule has 0 aliphatic rings. The van der Waals surface area contributed by atoms with E-state index in [-0.39, 0.29) is 0 Å². The maximum absolute atomic E-state index is 6.01. The van der Waals surface area contributed by atoms with E-state index < -0.39 is 0 Å². The van der Waals surface area contributed by atoms with Gasteiger partial charge >= 0.3 is 0 Å². The van der Waals surface area contributed by atoms with Gasteiger partial charge in [0.25, 0.3) is 0 Å². The van der Waals surface area contributed by atoms with Crippen molar-refractivity contribution in [2.24, 2.45) is 0 Å². The van der Waals surface area contributed by atoms with Gasteiger partial charge in [-0.3, -0.25) is 0 Å². The molecule has 0 spiro atoms. The summed E-state index contributed by atoms with van der Waals surface area (Å²) in [6.07, 6.45) is 0. The van der Waals surface area contributed by atoms with Crippen molar-refractivity contribution < 1.29 is 9.15 Å². The first-order valence-corrected chi connectivity index (χ1v) is 10.3. The summed E-state index contributed by atoms with van der Waals surface area (Å²) in [6, 6.07) is 28.4. The second kappa shape index (κ2) is 9.31. The van der Waals surface area contributed by atoms with E-state index in [1.54, 1.807) is 0 Å². The molecular weight excluding hydrogens is 372 g/mol. The van der Waals surface area contributed by atoms with Crippen molar-refractivity contribution in [3.63, 3.8) is 0 Å². The smallest absolute Gasteiger partial charge is 0.226 e. The lowest BCUT2D eigenvalue weighted by atomic mass is 10.2. The molecule has 0 saturated carbocycles. The summed E-state index contributed by atoms with van der Waals surface area (Å²) in [5.41, 5.74) is 4.18. The third-order valence-electron chi connectivity index (χ3n) is 5.07. The number of nitrogens with zero attached hydrogens (tertiary/aromatic N) is 2. The zero-order chi connectivity index (χ0) is 20.8. The molecule has 4 heteroatoms. The predicted octanol–water partition coefficient (Wildman–Crippen LogP) is 6.26. The molecule has 4 rings (SSSR count). The van der Waals surface area contributed by atoms with Crippen LogP contribution in [0.4, 0.5) is 5.69 Å². The Hall–Kier alpha value is -3.53. The molecule has 0 radical (unpaired) electrons. The van der Waals surface area contributed by atoms with Crippen molar-refractivity contribution in [1.82, 2.24) is 4.98 Å². The fraction of sp³-hybridized carbons (Fsp3) is 0.192. The summed E-state index contributed by atoms with van der Waals surface area (Å²) in [6.45, 7) is 6.26. The van der Waals surface area contributed by atoms with Gasteiger partial charge in [-0.2, -0.15) is 0 Å². The third-order valence-corrected chi connectivity index (χ3v) is 5.07. The van der Waals surface area contributed by atoms with Gasteiger partial charge in [0, 0.05) is 17.8 Å². The van der Waals surface area contributed by atoms with Gasteiger partial charge < -0.3 is 14.1 Å². The molecule has 0 saturated heterocycles. The molecule has 3 aromatic carbocycles. The van der Waals surface area contributed by atoms with Gasteiger partial charge in [-0.1, -0.05) is 54.6 Å². The van der Waals surface area contributed by atoms with Gasteiger partial charge in [0.2, 0.25) is 5.89 Å². The molecule has 0 aliphatic heterocycles. The second-order valence-corrected chi connectivity index (χ2v) is 7.17.